The highest BCUT2D eigenvalue weighted by atomic mass is 35.5. The maximum absolute atomic E-state index is 11.5. The fourth-order valence-electron chi connectivity index (χ4n) is 3.54. The van der Waals surface area contributed by atoms with Gasteiger partial charge < -0.3 is 0 Å². The van der Waals surface area contributed by atoms with Crippen molar-refractivity contribution in [3.63, 3.8) is 0 Å². The second kappa shape index (κ2) is 8.33. The lowest BCUT2D eigenvalue weighted by atomic mass is 10.1. The van der Waals surface area contributed by atoms with Gasteiger partial charge in [0.15, 0.2) is 5.84 Å². The van der Waals surface area contributed by atoms with Crippen molar-refractivity contribution in [3.05, 3.63) is 113 Å². The van der Waals surface area contributed by atoms with Crippen LogP contribution in [0, 0.1) is 10.1 Å². The van der Waals surface area contributed by atoms with E-state index >= 15 is 0 Å². The number of hydrazine groups is 2. The second-order valence-electron chi connectivity index (χ2n) is 6.77. The molecule has 0 saturated heterocycles. The van der Waals surface area contributed by atoms with Gasteiger partial charge in [0.2, 0.25) is 0 Å². The van der Waals surface area contributed by atoms with Crippen molar-refractivity contribution in [2.75, 3.05) is 10.2 Å². The second-order valence-corrected chi connectivity index (χ2v) is 6.77. The van der Waals surface area contributed by atoms with E-state index in [1.165, 1.54) is 6.07 Å². The first-order valence-corrected chi connectivity index (χ1v) is 9.44. The van der Waals surface area contributed by atoms with Crippen molar-refractivity contribution in [1.82, 2.24) is 5.43 Å². The molecule has 0 aromatic heterocycles. The van der Waals surface area contributed by atoms with E-state index in [1.54, 1.807) is 23.3 Å². The molecule has 1 aliphatic heterocycles. The number of para-hydroxylation sites is 1. The summed E-state index contributed by atoms with van der Waals surface area (Å²) in [5, 5.41) is 21.2. The molecule has 8 heteroatoms. The average molecular weight is 432 g/mol. The molecule has 0 saturated carbocycles. The van der Waals surface area contributed by atoms with E-state index in [2.05, 4.69) is 5.43 Å². The van der Waals surface area contributed by atoms with Crippen LogP contribution >= 0.6 is 12.4 Å². The van der Waals surface area contributed by atoms with Crippen LogP contribution in [0.1, 0.15) is 5.56 Å². The van der Waals surface area contributed by atoms with E-state index in [0.29, 0.717) is 11.2 Å². The predicted molar refractivity (Wildman–Crippen MR) is 125 cm³/mol. The Morgan fingerprint density at radius 3 is 2.06 bits per heavy atom. The highest BCUT2D eigenvalue weighted by molar-refractivity contribution is 6.05. The highest BCUT2D eigenvalue weighted by Crippen LogP contribution is 2.35. The number of amidine groups is 1. The fourth-order valence-corrected chi connectivity index (χ4v) is 3.54. The molecule has 0 fully saturated rings. The smallest absolute Gasteiger partial charge is 0.259 e. The first-order chi connectivity index (χ1) is 14.7. The molecule has 5 rings (SSSR count). The third-order valence-electron chi connectivity index (χ3n) is 4.93. The predicted octanol–water partition coefficient (Wildman–Crippen LogP) is 5.28. The van der Waals surface area contributed by atoms with Crippen molar-refractivity contribution in [3.8, 4) is 0 Å². The topological polar surface area (TPSA) is 74.0 Å². The summed E-state index contributed by atoms with van der Waals surface area (Å²) in [5.41, 5.74) is 5.98. The summed E-state index contributed by atoms with van der Waals surface area (Å²) in [7, 11) is 0. The molecule has 0 atom stereocenters. The summed E-state index contributed by atoms with van der Waals surface area (Å²) in [6.45, 7) is 0. The van der Waals surface area contributed by atoms with E-state index in [1.807, 2.05) is 77.9 Å². The summed E-state index contributed by atoms with van der Waals surface area (Å²) in [5.74, 6) is 0.682. The molecular formula is C23H18ClN5O2. The third kappa shape index (κ3) is 3.62. The highest BCUT2D eigenvalue weighted by Gasteiger charge is 2.28. The number of halogens is 1. The summed E-state index contributed by atoms with van der Waals surface area (Å²) < 4.78 is 0. The Morgan fingerprint density at radius 2 is 1.39 bits per heavy atom. The lowest BCUT2D eigenvalue weighted by Gasteiger charge is -2.28. The van der Waals surface area contributed by atoms with Crippen LogP contribution in [0.5, 0.6) is 0 Å². The molecule has 1 aliphatic rings. The molecule has 7 nitrogen and oxygen atoms in total. The Hall–Kier alpha value is -4.10. The molecule has 1 heterocycles. The Morgan fingerprint density at radius 1 is 0.774 bits per heavy atom. The summed E-state index contributed by atoms with van der Waals surface area (Å²) in [6.07, 6.45) is 0. The van der Waals surface area contributed by atoms with Gasteiger partial charge in [-0.2, -0.15) is 10.2 Å². The Balaban J connectivity index is 0.00000231. The minimum absolute atomic E-state index is 0. The molecular weight excluding hydrogens is 414 g/mol. The zero-order valence-corrected chi connectivity index (χ0v) is 17.1. The summed E-state index contributed by atoms with van der Waals surface area (Å²) in [6, 6.07) is 30.2. The number of nitro groups is 1. The maximum atomic E-state index is 11.5. The first-order valence-electron chi connectivity index (χ1n) is 9.44. The summed E-state index contributed by atoms with van der Waals surface area (Å²) in [4.78, 5) is 11.2. The van der Waals surface area contributed by atoms with Crippen LogP contribution in [-0.2, 0) is 0 Å². The molecule has 0 bridgehead atoms. The number of nitrogens with one attached hydrogen (secondary N) is 1. The number of hydrogen-bond donors (Lipinski definition) is 1. The average Bonchev–Trinajstić information content (AvgIpc) is 3.24. The number of nitro benzene ring substituents is 1. The molecule has 0 spiro atoms. The van der Waals surface area contributed by atoms with Gasteiger partial charge in [-0.25, -0.2) is 0 Å². The fraction of sp³-hybridized carbons (Fsp3) is 0. The SMILES string of the molecule is Cl.O=[N+]([O-])c1ccc(N2NC(c3ccccc3)=NN2c2ccccc2)c2ccccc12. The number of nitrogens with zero attached hydrogens (tertiary/aromatic N) is 4. The van der Waals surface area contributed by atoms with E-state index < -0.39 is 0 Å². The zero-order valence-electron chi connectivity index (χ0n) is 16.3. The number of hydrogen-bond acceptors (Lipinski definition) is 6. The maximum Gasteiger partial charge on any atom is 0.277 e. The Bertz CT molecular complexity index is 1260. The Labute approximate surface area is 184 Å². The molecule has 0 aliphatic carbocycles. The Kier molecular flexibility index (Phi) is 5.43. The van der Waals surface area contributed by atoms with Gasteiger partial charge in [0, 0.05) is 17.0 Å². The number of fused-ring (bicyclic) bond motifs is 1. The first kappa shape index (κ1) is 20.2. The van der Waals surface area contributed by atoms with Crippen LogP contribution in [0.15, 0.2) is 102 Å². The van der Waals surface area contributed by atoms with Crippen LogP contribution in [0.25, 0.3) is 10.8 Å². The lowest BCUT2D eigenvalue weighted by Crippen LogP contribution is -2.44. The standard InChI is InChI=1S/C23H17N5O2.ClH/c29-28(30)22-16-15-21(19-13-7-8-14-20(19)22)27-25-23(17-9-3-1-4-10-17)24-26(27)18-11-5-2-6-12-18;/h1-16H,(H,24,25);1H. The largest absolute Gasteiger partial charge is 0.277 e. The van der Waals surface area contributed by atoms with Crippen molar-refractivity contribution >= 4 is 46.1 Å². The van der Waals surface area contributed by atoms with Crippen LogP contribution in [0.4, 0.5) is 17.1 Å². The van der Waals surface area contributed by atoms with Crippen molar-refractivity contribution in [1.29, 1.82) is 0 Å². The lowest BCUT2D eigenvalue weighted by molar-refractivity contribution is -0.383. The van der Waals surface area contributed by atoms with Gasteiger partial charge >= 0.3 is 0 Å². The number of rotatable bonds is 4. The minimum atomic E-state index is -0.357. The van der Waals surface area contributed by atoms with Gasteiger partial charge in [-0.1, -0.05) is 66.7 Å². The molecule has 0 unspecified atom stereocenters. The van der Waals surface area contributed by atoms with Crippen molar-refractivity contribution in [2.45, 2.75) is 0 Å². The molecule has 4 aromatic carbocycles. The van der Waals surface area contributed by atoms with E-state index in [-0.39, 0.29) is 23.0 Å². The molecule has 154 valence electrons. The number of non-ortho nitro benzene ring substituents is 1. The molecule has 31 heavy (non-hydrogen) atoms. The molecule has 1 N–H and O–H groups in total. The van der Waals surface area contributed by atoms with Crippen molar-refractivity contribution in [2.24, 2.45) is 5.10 Å². The molecule has 0 radical (unpaired) electrons. The number of hydrazone groups is 1. The van der Waals surface area contributed by atoms with E-state index in [9.17, 15) is 10.1 Å². The van der Waals surface area contributed by atoms with Crippen LogP contribution < -0.4 is 15.7 Å². The van der Waals surface area contributed by atoms with E-state index in [0.717, 1.165) is 22.3 Å². The van der Waals surface area contributed by atoms with Gasteiger partial charge in [0.05, 0.1) is 21.7 Å². The third-order valence-corrected chi connectivity index (χ3v) is 4.93. The zero-order chi connectivity index (χ0) is 20.5. The van der Waals surface area contributed by atoms with Crippen LogP contribution in [0.3, 0.4) is 0 Å². The quantitative estimate of drug-likeness (QED) is 0.351. The monoisotopic (exact) mass is 431 g/mol. The van der Waals surface area contributed by atoms with Crippen molar-refractivity contribution < 1.29 is 4.92 Å². The number of benzene rings is 4. The number of anilines is 2. The molecule has 0 amide bonds. The van der Waals surface area contributed by atoms with Gasteiger partial charge in [-0.3, -0.25) is 15.5 Å². The minimum Gasteiger partial charge on any atom is -0.259 e. The van der Waals surface area contributed by atoms with Crippen LogP contribution in [0.2, 0.25) is 0 Å². The normalized spacial score (nSPS) is 12.8. The van der Waals surface area contributed by atoms with E-state index in [4.69, 9.17) is 5.10 Å². The molecule has 4 aromatic rings. The van der Waals surface area contributed by atoms with Crippen LogP contribution in [-0.4, -0.2) is 10.8 Å². The van der Waals surface area contributed by atoms with Gasteiger partial charge in [-0.05, 0) is 24.3 Å². The summed E-state index contributed by atoms with van der Waals surface area (Å²) >= 11 is 0. The van der Waals surface area contributed by atoms with Gasteiger partial charge in [-0.15, -0.1) is 17.5 Å². The van der Waals surface area contributed by atoms with Gasteiger partial charge in [0.25, 0.3) is 5.69 Å². The van der Waals surface area contributed by atoms with Gasteiger partial charge in [0.1, 0.15) is 0 Å².